The Hall–Kier alpha value is -1.93. The number of carboxylic acids is 1. The van der Waals surface area contributed by atoms with E-state index in [9.17, 15) is 14.4 Å². The standard InChI is InChI=1S/C13H19N3O5/c17-11(3-4-12(18)19)15-13(20)14-6-10-7-16-5-1-2-9(16)8-21-10/h3-4,9-10H,1-2,5-8H2,(H,18,19)(H2,14,15,17,20). The van der Waals surface area contributed by atoms with Gasteiger partial charge in [0.05, 0.1) is 12.7 Å². The molecule has 2 rings (SSSR count). The summed E-state index contributed by atoms with van der Waals surface area (Å²) >= 11 is 0. The fourth-order valence-electron chi connectivity index (χ4n) is 2.56. The molecule has 2 unspecified atom stereocenters. The number of urea groups is 1. The molecule has 21 heavy (non-hydrogen) atoms. The largest absolute Gasteiger partial charge is 0.478 e. The zero-order chi connectivity index (χ0) is 15.2. The number of amides is 3. The number of hydrogen-bond donors (Lipinski definition) is 3. The summed E-state index contributed by atoms with van der Waals surface area (Å²) in [5.74, 6) is -2.03. The van der Waals surface area contributed by atoms with Gasteiger partial charge < -0.3 is 15.2 Å². The van der Waals surface area contributed by atoms with Crippen molar-refractivity contribution in [1.29, 1.82) is 0 Å². The monoisotopic (exact) mass is 297 g/mol. The molecule has 0 bridgehead atoms. The van der Waals surface area contributed by atoms with E-state index in [1.54, 1.807) is 0 Å². The molecule has 2 atom stereocenters. The molecular weight excluding hydrogens is 278 g/mol. The number of rotatable bonds is 4. The lowest BCUT2D eigenvalue weighted by atomic mass is 10.2. The number of aliphatic carboxylic acids is 1. The number of hydrogen-bond acceptors (Lipinski definition) is 5. The van der Waals surface area contributed by atoms with Crippen LogP contribution in [0.25, 0.3) is 0 Å². The molecule has 116 valence electrons. The van der Waals surface area contributed by atoms with Crippen LogP contribution in [0, 0.1) is 0 Å². The lowest BCUT2D eigenvalue weighted by Gasteiger charge is -2.35. The molecule has 0 spiro atoms. The maximum Gasteiger partial charge on any atom is 0.328 e. The van der Waals surface area contributed by atoms with Crippen LogP contribution in [0.2, 0.25) is 0 Å². The van der Waals surface area contributed by atoms with Crippen LogP contribution in [0.1, 0.15) is 12.8 Å². The molecule has 0 radical (unpaired) electrons. The van der Waals surface area contributed by atoms with Gasteiger partial charge in [0, 0.05) is 31.3 Å². The van der Waals surface area contributed by atoms with E-state index < -0.39 is 17.9 Å². The van der Waals surface area contributed by atoms with Crippen LogP contribution in [0.3, 0.4) is 0 Å². The van der Waals surface area contributed by atoms with Crippen LogP contribution in [-0.4, -0.2) is 66.3 Å². The average Bonchev–Trinajstić information content (AvgIpc) is 2.90. The van der Waals surface area contributed by atoms with Gasteiger partial charge in [-0.25, -0.2) is 9.59 Å². The molecule has 3 N–H and O–H groups in total. The van der Waals surface area contributed by atoms with E-state index in [1.165, 1.54) is 6.42 Å². The van der Waals surface area contributed by atoms with Gasteiger partial charge in [-0.2, -0.15) is 0 Å². The predicted octanol–water partition coefficient (Wildman–Crippen LogP) is -0.684. The minimum absolute atomic E-state index is 0.0882. The SMILES string of the molecule is O=C(O)C=CC(=O)NC(=O)NCC1CN2CCCC2CO1. The number of nitrogens with zero attached hydrogens (tertiary/aromatic N) is 1. The summed E-state index contributed by atoms with van der Waals surface area (Å²) in [5.41, 5.74) is 0. The van der Waals surface area contributed by atoms with E-state index in [-0.39, 0.29) is 6.10 Å². The normalized spacial score (nSPS) is 25.5. The van der Waals surface area contributed by atoms with E-state index in [4.69, 9.17) is 9.84 Å². The number of carbonyl (C=O) groups is 3. The first-order chi connectivity index (χ1) is 10.0. The fraction of sp³-hybridized carbons (Fsp3) is 0.615. The molecule has 2 heterocycles. The Morgan fingerprint density at radius 3 is 2.90 bits per heavy atom. The molecule has 0 aromatic carbocycles. The van der Waals surface area contributed by atoms with Crippen LogP contribution in [-0.2, 0) is 14.3 Å². The number of ether oxygens (including phenoxy) is 1. The maximum atomic E-state index is 11.5. The quantitative estimate of drug-likeness (QED) is 0.593. The van der Waals surface area contributed by atoms with Crippen molar-refractivity contribution in [1.82, 2.24) is 15.5 Å². The Morgan fingerprint density at radius 2 is 2.14 bits per heavy atom. The molecule has 2 aliphatic heterocycles. The van der Waals surface area contributed by atoms with Gasteiger partial charge >= 0.3 is 12.0 Å². The van der Waals surface area contributed by atoms with Gasteiger partial charge in [0.25, 0.3) is 5.91 Å². The van der Waals surface area contributed by atoms with Gasteiger partial charge in [-0.3, -0.25) is 15.0 Å². The van der Waals surface area contributed by atoms with E-state index in [0.717, 1.165) is 25.6 Å². The first kappa shape index (κ1) is 15.5. The third-order valence-corrected chi connectivity index (χ3v) is 3.57. The highest BCUT2D eigenvalue weighted by Crippen LogP contribution is 2.22. The molecule has 0 aromatic rings. The molecule has 2 fully saturated rings. The minimum atomic E-state index is -1.25. The molecule has 0 aromatic heterocycles. The number of fused-ring (bicyclic) bond motifs is 1. The van der Waals surface area contributed by atoms with Crippen molar-refractivity contribution in [2.75, 3.05) is 26.2 Å². The number of morpholine rings is 1. The molecule has 3 amide bonds. The van der Waals surface area contributed by atoms with Crippen LogP contribution < -0.4 is 10.6 Å². The Labute approximate surface area is 122 Å². The maximum absolute atomic E-state index is 11.5. The summed E-state index contributed by atoms with van der Waals surface area (Å²) in [5, 5.41) is 12.9. The van der Waals surface area contributed by atoms with Crippen molar-refractivity contribution in [2.45, 2.75) is 25.0 Å². The van der Waals surface area contributed by atoms with E-state index in [0.29, 0.717) is 25.3 Å². The van der Waals surface area contributed by atoms with Crippen molar-refractivity contribution in [3.63, 3.8) is 0 Å². The Bertz CT molecular complexity index is 451. The molecule has 2 saturated heterocycles. The van der Waals surface area contributed by atoms with Crippen molar-refractivity contribution in [2.24, 2.45) is 0 Å². The third-order valence-electron chi connectivity index (χ3n) is 3.57. The van der Waals surface area contributed by atoms with Gasteiger partial charge in [-0.15, -0.1) is 0 Å². The van der Waals surface area contributed by atoms with E-state index >= 15 is 0 Å². The van der Waals surface area contributed by atoms with Crippen LogP contribution >= 0.6 is 0 Å². The molecular formula is C13H19N3O5. The lowest BCUT2D eigenvalue weighted by Crippen LogP contribution is -2.51. The molecule has 8 heteroatoms. The number of nitrogens with one attached hydrogen (secondary N) is 2. The van der Waals surface area contributed by atoms with Crippen molar-refractivity contribution < 1.29 is 24.2 Å². The van der Waals surface area contributed by atoms with Gasteiger partial charge in [0.15, 0.2) is 0 Å². The summed E-state index contributed by atoms with van der Waals surface area (Å²) in [4.78, 5) is 35.3. The van der Waals surface area contributed by atoms with Crippen molar-refractivity contribution in [3.8, 4) is 0 Å². The molecule has 0 aliphatic carbocycles. The second-order valence-electron chi connectivity index (χ2n) is 5.12. The topological polar surface area (TPSA) is 108 Å². The van der Waals surface area contributed by atoms with Crippen molar-refractivity contribution >= 4 is 17.9 Å². The Balaban J connectivity index is 1.67. The second-order valence-corrected chi connectivity index (χ2v) is 5.12. The zero-order valence-electron chi connectivity index (χ0n) is 11.6. The summed E-state index contributed by atoms with van der Waals surface area (Å²) in [6, 6.07) is -0.167. The molecule has 0 saturated carbocycles. The molecule has 2 aliphatic rings. The summed E-state index contributed by atoms with van der Waals surface area (Å²) in [7, 11) is 0. The second kappa shape index (κ2) is 7.19. The van der Waals surface area contributed by atoms with Crippen LogP contribution in [0.4, 0.5) is 4.79 Å². The highest BCUT2D eigenvalue weighted by molar-refractivity contribution is 6.02. The van der Waals surface area contributed by atoms with Crippen LogP contribution in [0.15, 0.2) is 12.2 Å². The fourth-order valence-corrected chi connectivity index (χ4v) is 2.56. The van der Waals surface area contributed by atoms with Gasteiger partial charge in [0.2, 0.25) is 0 Å². The van der Waals surface area contributed by atoms with E-state index in [1.807, 2.05) is 5.32 Å². The lowest BCUT2D eigenvalue weighted by molar-refractivity contribution is -0.131. The van der Waals surface area contributed by atoms with E-state index in [2.05, 4.69) is 10.2 Å². The first-order valence-corrected chi connectivity index (χ1v) is 6.90. The highest BCUT2D eigenvalue weighted by Gasteiger charge is 2.32. The smallest absolute Gasteiger partial charge is 0.328 e. The highest BCUT2D eigenvalue weighted by atomic mass is 16.5. The minimum Gasteiger partial charge on any atom is -0.478 e. The summed E-state index contributed by atoms with van der Waals surface area (Å²) in [6.07, 6.45) is 3.70. The number of carbonyl (C=O) groups excluding carboxylic acids is 2. The van der Waals surface area contributed by atoms with Crippen LogP contribution in [0.5, 0.6) is 0 Å². The predicted molar refractivity (Wildman–Crippen MR) is 72.7 cm³/mol. The number of carboxylic acid groups (broad SMARTS) is 1. The average molecular weight is 297 g/mol. The van der Waals surface area contributed by atoms with Gasteiger partial charge in [-0.1, -0.05) is 0 Å². The zero-order valence-corrected chi connectivity index (χ0v) is 11.6. The van der Waals surface area contributed by atoms with Gasteiger partial charge in [-0.05, 0) is 19.4 Å². The summed E-state index contributed by atoms with van der Waals surface area (Å²) in [6.45, 7) is 2.83. The first-order valence-electron chi connectivity index (χ1n) is 6.90. The summed E-state index contributed by atoms with van der Waals surface area (Å²) < 4.78 is 5.67. The van der Waals surface area contributed by atoms with Gasteiger partial charge in [0.1, 0.15) is 0 Å². The number of imide groups is 1. The Morgan fingerprint density at radius 1 is 1.33 bits per heavy atom. The van der Waals surface area contributed by atoms with Crippen molar-refractivity contribution in [3.05, 3.63) is 12.2 Å². The Kier molecular flexibility index (Phi) is 5.29. The molecule has 8 nitrogen and oxygen atoms in total. The third kappa shape index (κ3) is 4.83.